The van der Waals surface area contributed by atoms with Crippen LogP contribution in [0.25, 0.3) is 0 Å². The van der Waals surface area contributed by atoms with E-state index in [0.29, 0.717) is 0 Å². The van der Waals surface area contributed by atoms with Crippen LogP contribution in [0.2, 0.25) is 0 Å². The topological polar surface area (TPSA) is 12.0 Å². The Kier molecular flexibility index (Phi) is 2.44. The lowest BCUT2D eigenvalue weighted by Crippen LogP contribution is -2.27. The van der Waals surface area contributed by atoms with Crippen molar-refractivity contribution in [1.29, 1.82) is 0 Å². The van der Waals surface area contributed by atoms with E-state index in [1.807, 2.05) is 17.8 Å². The van der Waals surface area contributed by atoms with Gasteiger partial charge in [-0.2, -0.15) is 0 Å². The summed E-state index contributed by atoms with van der Waals surface area (Å²) in [6.07, 6.45) is 0. The van der Waals surface area contributed by atoms with Gasteiger partial charge < -0.3 is 0 Å². The number of hydrogen-bond acceptors (Lipinski definition) is 2. The Morgan fingerprint density at radius 2 is 2.08 bits per heavy atom. The highest BCUT2D eigenvalue weighted by atomic mass is 79.9. The number of thioether (sulfide) groups is 1. The fourth-order valence-corrected chi connectivity index (χ4v) is 3.23. The molecule has 1 heterocycles. The zero-order valence-corrected chi connectivity index (χ0v) is 8.99. The number of halogens is 1. The van der Waals surface area contributed by atoms with E-state index in [-0.39, 0.29) is 3.78 Å². The first kappa shape index (κ1) is 8.60. The maximum absolute atomic E-state index is 3.71. The zero-order valence-electron chi connectivity index (χ0n) is 6.59. The molecule has 1 unspecified atom stereocenters. The summed E-state index contributed by atoms with van der Waals surface area (Å²) in [4.78, 5) is 0. The summed E-state index contributed by atoms with van der Waals surface area (Å²) < 4.78 is -0.0335. The maximum Gasteiger partial charge on any atom is 0.147 e. The van der Waals surface area contributed by atoms with E-state index >= 15 is 0 Å². The Hall–Kier alpha value is 0.01000. The zero-order chi connectivity index (χ0) is 8.44. The van der Waals surface area contributed by atoms with Gasteiger partial charge >= 0.3 is 0 Å². The van der Waals surface area contributed by atoms with Gasteiger partial charge in [-0.1, -0.05) is 46.3 Å². The monoisotopic (exact) mass is 243 g/mol. The summed E-state index contributed by atoms with van der Waals surface area (Å²) in [7, 11) is 0. The standard InChI is InChI=1S/C9H10BrNS/c10-9(11-6-7-12-9)8-4-2-1-3-5-8/h1-5,11H,6-7H2. The first-order valence-corrected chi connectivity index (χ1v) is 5.72. The largest absolute Gasteiger partial charge is 0.289 e. The van der Waals surface area contributed by atoms with E-state index in [0.717, 1.165) is 6.54 Å². The van der Waals surface area contributed by atoms with Gasteiger partial charge in [0.25, 0.3) is 0 Å². The summed E-state index contributed by atoms with van der Waals surface area (Å²) in [5.74, 6) is 1.17. The molecule has 0 saturated carbocycles. The highest BCUT2D eigenvalue weighted by Crippen LogP contribution is 2.42. The molecule has 0 amide bonds. The number of alkyl halides is 1. The normalized spacial score (nSPS) is 29.1. The van der Waals surface area contributed by atoms with Gasteiger partial charge in [0.05, 0.1) is 0 Å². The van der Waals surface area contributed by atoms with Gasteiger partial charge in [0.2, 0.25) is 0 Å². The van der Waals surface area contributed by atoms with Crippen LogP contribution >= 0.6 is 27.7 Å². The lowest BCUT2D eigenvalue weighted by Gasteiger charge is -2.21. The van der Waals surface area contributed by atoms with E-state index in [2.05, 4.69) is 45.5 Å². The quantitative estimate of drug-likeness (QED) is 0.601. The third-order valence-corrected chi connectivity index (χ3v) is 4.51. The van der Waals surface area contributed by atoms with E-state index in [4.69, 9.17) is 0 Å². The first-order chi connectivity index (χ1) is 5.81. The molecule has 1 nitrogen and oxygen atoms in total. The molecule has 64 valence electrons. The second kappa shape index (κ2) is 3.40. The average molecular weight is 244 g/mol. The summed E-state index contributed by atoms with van der Waals surface area (Å²) in [5, 5.41) is 3.43. The van der Waals surface area contributed by atoms with Crippen molar-refractivity contribution in [1.82, 2.24) is 5.32 Å². The van der Waals surface area contributed by atoms with Crippen molar-refractivity contribution in [3.8, 4) is 0 Å². The van der Waals surface area contributed by atoms with E-state index in [1.165, 1.54) is 11.3 Å². The minimum absolute atomic E-state index is 0.0335. The molecule has 1 fully saturated rings. The SMILES string of the molecule is BrC1(c2ccccc2)NCCS1. The molecular formula is C9H10BrNS. The molecule has 0 aromatic heterocycles. The molecule has 0 spiro atoms. The molecule has 1 N–H and O–H groups in total. The number of hydrogen-bond donors (Lipinski definition) is 1. The van der Waals surface area contributed by atoms with Crippen LogP contribution in [-0.4, -0.2) is 12.3 Å². The van der Waals surface area contributed by atoms with Crippen molar-refractivity contribution in [2.75, 3.05) is 12.3 Å². The van der Waals surface area contributed by atoms with Crippen LogP contribution in [0.5, 0.6) is 0 Å². The minimum Gasteiger partial charge on any atom is -0.289 e. The van der Waals surface area contributed by atoms with Crippen LogP contribution in [0.4, 0.5) is 0 Å². The van der Waals surface area contributed by atoms with Crippen molar-refractivity contribution in [2.45, 2.75) is 3.78 Å². The Morgan fingerprint density at radius 3 is 2.67 bits per heavy atom. The predicted octanol–water partition coefficient (Wildman–Crippen LogP) is 2.53. The van der Waals surface area contributed by atoms with Crippen molar-refractivity contribution in [3.63, 3.8) is 0 Å². The third-order valence-electron chi connectivity index (χ3n) is 1.90. The molecule has 1 aromatic carbocycles. The van der Waals surface area contributed by atoms with Crippen LogP contribution in [-0.2, 0) is 3.78 Å². The molecule has 0 radical (unpaired) electrons. The Balaban J connectivity index is 2.29. The molecule has 1 aliphatic rings. The van der Waals surface area contributed by atoms with E-state index < -0.39 is 0 Å². The van der Waals surface area contributed by atoms with Gasteiger partial charge in [0.15, 0.2) is 0 Å². The summed E-state index contributed by atoms with van der Waals surface area (Å²) in [6, 6.07) is 10.5. The molecule has 2 rings (SSSR count). The van der Waals surface area contributed by atoms with Gasteiger partial charge in [-0.3, -0.25) is 5.32 Å². The number of benzene rings is 1. The van der Waals surface area contributed by atoms with Crippen LogP contribution in [0.15, 0.2) is 30.3 Å². The predicted molar refractivity (Wildman–Crippen MR) is 57.5 cm³/mol. The van der Waals surface area contributed by atoms with Gasteiger partial charge in [-0.25, -0.2) is 0 Å². The second-order valence-electron chi connectivity index (χ2n) is 2.74. The van der Waals surface area contributed by atoms with Gasteiger partial charge in [-0.15, -0.1) is 11.8 Å². The highest BCUT2D eigenvalue weighted by Gasteiger charge is 2.32. The van der Waals surface area contributed by atoms with Crippen molar-refractivity contribution in [3.05, 3.63) is 35.9 Å². The summed E-state index contributed by atoms with van der Waals surface area (Å²) >= 11 is 5.61. The third kappa shape index (κ3) is 1.53. The Morgan fingerprint density at radius 1 is 1.33 bits per heavy atom. The fourth-order valence-electron chi connectivity index (χ4n) is 1.29. The van der Waals surface area contributed by atoms with Crippen molar-refractivity contribution >= 4 is 27.7 Å². The van der Waals surface area contributed by atoms with Crippen molar-refractivity contribution < 1.29 is 0 Å². The Bertz CT molecular complexity index is 256. The first-order valence-electron chi connectivity index (χ1n) is 3.95. The number of nitrogens with one attached hydrogen (secondary N) is 1. The summed E-state index contributed by atoms with van der Waals surface area (Å²) in [6.45, 7) is 1.07. The average Bonchev–Trinajstić information content (AvgIpc) is 2.55. The second-order valence-corrected chi connectivity index (χ2v) is 5.76. The molecular weight excluding hydrogens is 234 g/mol. The van der Waals surface area contributed by atoms with Gasteiger partial charge in [0.1, 0.15) is 3.78 Å². The fraction of sp³-hybridized carbons (Fsp3) is 0.333. The smallest absolute Gasteiger partial charge is 0.147 e. The van der Waals surface area contributed by atoms with Crippen LogP contribution < -0.4 is 5.32 Å². The molecule has 0 aliphatic carbocycles. The lowest BCUT2D eigenvalue weighted by atomic mass is 10.2. The molecule has 0 bridgehead atoms. The molecule has 1 saturated heterocycles. The lowest BCUT2D eigenvalue weighted by molar-refractivity contribution is 0.715. The Labute approximate surface area is 85.1 Å². The highest BCUT2D eigenvalue weighted by molar-refractivity contribution is 9.11. The maximum atomic E-state index is 3.71. The van der Waals surface area contributed by atoms with Crippen molar-refractivity contribution in [2.24, 2.45) is 0 Å². The molecule has 1 aliphatic heterocycles. The van der Waals surface area contributed by atoms with E-state index in [1.54, 1.807) is 0 Å². The molecule has 1 aromatic rings. The molecule has 1 atom stereocenters. The van der Waals surface area contributed by atoms with Crippen LogP contribution in [0.3, 0.4) is 0 Å². The molecule has 12 heavy (non-hydrogen) atoms. The van der Waals surface area contributed by atoms with Gasteiger partial charge in [0, 0.05) is 12.3 Å². The minimum atomic E-state index is -0.0335. The van der Waals surface area contributed by atoms with E-state index in [9.17, 15) is 0 Å². The molecule has 3 heteroatoms. The van der Waals surface area contributed by atoms with Crippen LogP contribution in [0.1, 0.15) is 5.56 Å². The van der Waals surface area contributed by atoms with Crippen LogP contribution in [0, 0.1) is 0 Å². The number of rotatable bonds is 1. The summed E-state index contributed by atoms with van der Waals surface area (Å²) in [5.41, 5.74) is 1.30. The van der Waals surface area contributed by atoms with Gasteiger partial charge in [-0.05, 0) is 5.56 Å².